The molecule has 0 aliphatic carbocycles. The molecule has 2 heterocycles. The third-order valence-corrected chi connectivity index (χ3v) is 4.94. The number of anilines is 1. The average molecular weight is 288 g/mol. The van der Waals surface area contributed by atoms with Gasteiger partial charge in [-0.15, -0.1) is 0 Å². The van der Waals surface area contributed by atoms with Gasteiger partial charge >= 0.3 is 0 Å². The summed E-state index contributed by atoms with van der Waals surface area (Å²) in [6.07, 6.45) is 6.29. The van der Waals surface area contributed by atoms with Gasteiger partial charge in [0, 0.05) is 37.3 Å². The highest BCUT2D eigenvalue weighted by Gasteiger charge is 2.35. The molecule has 2 aliphatic rings. The lowest BCUT2D eigenvalue weighted by molar-refractivity contribution is -0.00233. The zero-order valence-corrected chi connectivity index (χ0v) is 13.2. The first-order valence-electron chi connectivity index (χ1n) is 8.38. The van der Waals surface area contributed by atoms with E-state index in [-0.39, 0.29) is 5.41 Å². The molecule has 0 amide bonds. The standard InChI is InChI=1S/C18H28N2O/c1-19-13-18(10-6-12-21-15-18)14-20-11-5-4-8-16-7-2-3-9-17(16)20/h2-3,7,9,19H,4-6,8,10-15H2,1H3. The van der Waals surface area contributed by atoms with Crippen molar-refractivity contribution in [3.05, 3.63) is 29.8 Å². The summed E-state index contributed by atoms with van der Waals surface area (Å²) < 4.78 is 5.83. The molecule has 116 valence electrons. The molecule has 1 N–H and O–H groups in total. The van der Waals surface area contributed by atoms with E-state index >= 15 is 0 Å². The number of hydrogen-bond acceptors (Lipinski definition) is 3. The minimum absolute atomic E-state index is 0.268. The predicted octanol–water partition coefficient (Wildman–Crippen LogP) is 2.85. The Balaban J connectivity index is 1.81. The van der Waals surface area contributed by atoms with Crippen LogP contribution in [0.15, 0.2) is 24.3 Å². The summed E-state index contributed by atoms with van der Waals surface area (Å²) in [4.78, 5) is 2.62. The largest absolute Gasteiger partial charge is 0.381 e. The van der Waals surface area contributed by atoms with Crippen LogP contribution < -0.4 is 10.2 Å². The Kier molecular flexibility index (Phi) is 4.81. The molecular weight excluding hydrogens is 260 g/mol. The zero-order chi connectivity index (χ0) is 14.5. The van der Waals surface area contributed by atoms with E-state index in [1.807, 2.05) is 0 Å². The number of aryl methyl sites for hydroxylation is 1. The quantitative estimate of drug-likeness (QED) is 0.922. The van der Waals surface area contributed by atoms with Crippen LogP contribution >= 0.6 is 0 Å². The van der Waals surface area contributed by atoms with Crippen molar-refractivity contribution in [2.45, 2.75) is 32.1 Å². The van der Waals surface area contributed by atoms with E-state index < -0.39 is 0 Å². The maximum atomic E-state index is 5.83. The number of ether oxygens (including phenoxy) is 1. The van der Waals surface area contributed by atoms with Gasteiger partial charge in [-0.05, 0) is 50.8 Å². The molecule has 1 fully saturated rings. The molecule has 21 heavy (non-hydrogen) atoms. The summed E-state index contributed by atoms with van der Waals surface area (Å²) in [7, 11) is 2.06. The molecule has 0 bridgehead atoms. The monoisotopic (exact) mass is 288 g/mol. The topological polar surface area (TPSA) is 24.5 Å². The van der Waals surface area contributed by atoms with E-state index in [0.29, 0.717) is 0 Å². The Morgan fingerprint density at radius 2 is 2.14 bits per heavy atom. The van der Waals surface area contributed by atoms with Crippen molar-refractivity contribution in [3.63, 3.8) is 0 Å². The first-order chi connectivity index (χ1) is 10.3. The molecule has 1 saturated heterocycles. The highest BCUT2D eigenvalue weighted by molar-refractivity contribution is 5.54. The van der Waals surface area contributed by atoms with Crippen LogP contribution in [0.2, 0.25) is 0 Å². The third-order valence-electron chi connectivity index (χ3n) is 4.94. The molecule has 0 aromatic heterocycles. The molecular formula is C18H28N2O. The van der Waals surface area contributed by atoms with Crippen LogP contribution in [0.25, 0.3) is 0 Å². The first-order valence-corrected chi connectivity index (χ1v) is 8.38. The van der Waals surface area contributed by atoms with E-state index in [1.165, 1.54) is 49.9 Å². The Hall–Kier alpha value is -1.06. The predicted molar refractivity (Wildman–Crippen MR) is 88.0 cm³/mol. The molecule has 0 spiro atoms. The number of rotatable bonds is 4. The average Bonchev–Trinajstić information content (AvgIpc) is 2.71. The Labute approximate surface area is 128 Å². The van der Waals surface area contributed by atoms with E-state index in [1.54, 1.807) is 0 Å². The lowest BCUT2D eigenvalue weighted by atomic mass is 9.81. The third kappa shape index (κ3) is 3.41. The van der Waals surface area contributed by atoms with Gasteiger partial charge in [-0.3, -0.25) is 0 Å². The van der Waals surface area contributed by atoms with Crippen molar-refractivity contribution in [3.8, 4) is 0 Å². The van der Waals surface area contributed by atoms with Crippen LogP contribution in [0.1, 0.15) is 31.2 Å². The molecule has 1 aromatic carbocycles. The normalized spacial score (nSPS) is 26.2. The molecule has 3 nitrogen and oxygen atoms in total. The van der Waals surface area contributed by atoms with Gasteiger partial charge in [0.25, 0.3) is 0 Å². The van der Waals surface area contributed by atoms with Crippen LogP contribution in [0, 0.1) is 5.41 Å². The van der Waals surface area contributed by atoms with Crippen LogP contribution in [-0.4, -0.2) is 39.9 Å². The van der Waals surface area contributed by atoms with Gasteiger partial charge in [-0.1, -0.05) is 18.2 Å². The summed E-state index contributed by atoms with van der Waals surface area (Å²) in [5.74, 6) is 0. The second-order valence-electron chi connectivity index (χ2n) is 6.69. The second-order valence-corrected chi connectivity index (χ2v) is 6.69. The van der Waals surface area contributed by atoms with Gasteiger partial charge in [-0.25, -0.2) is 0 Å². The molecule has 0 saturated carbocycles. The van der Waals surface area contributed by atoms with E-state index in [4.69, 9.17) is 4.74 Å². The van der Waals surface area contributed by atoms with E-state index in [2.05, 4.69) is 41.5 Å². The summed E-state index contributed by atoms with van der Waals surface area (Å²) in [6.45, 7) is 5.17. The number of fused-ring (bicyclic) bond motifs is 1. The van der Waals surface area contributed by atoms with Gasteiger partial charge < -0.3 is 15.0 Å². The lowest BCUT2D eigenvalue weighted by Crippen LogP contribution is -2.48. The number of benzene rings is 1. The molecule has 1 aromatic rings. The maximum Gasteiger partial charge on any atom is 0.0551 e. The highest BCUT2D eigenvalue weighted by Crippen LogP contribution is 2.33. The van der Waals surface area contributed by atoms with Crippen LogP contribution in [0.4, 0.5) is 5.69 Å². The van der Waals surface area contributed by atoms with Crippen LogP contribution in [-0.2, 0) is 11.2 Å². The molecule has 2 aliphatic heterocycles. The number of nitrogens with one attached hydrogen (secondary N) is 1. The summed E-state index contributed by atoms with van der Waals surface area (Å²) >= 11 is 0. The smallest absolute Gasteiger partial charge is 0.0551 e. The minimum Gasteiger partial charge on any atom is -0.381 e. The molecule has 3 rings (SSSR count). The molecule has 3 heteroatoms. The fraction of sp³-hybridized carbons (Fsp3) is 0.667. The minimum atomic E-state index is 0.268. The van der Waals surface area contributed by atoms with E-state index in [0.717, 1.165) is 26.3 Å². The zero-order valence-electron chi connectivity index (χ0n) is 13.2. The Morgan fingerprint density at radius 3 is 2.95 bits per heavy atom. The molecule has 1 atom stereocenters. The highest BCUT2D eigenvalue weighted by atomic mass is 16.5. The Morgan fingerprint density at radius 1 is 1.24 bits per heavy atom. The van der Waals surface area contributed by atoms with Crippen molar-refractivity contribution >= 4 is 5.69 Å². The first kappa shape index (κ1) is 14.9. The van der Waals surface area contributed by atoms with Gasteiger partial charge in [-0.2, -0.15) is 0 Å². The van der Waals surface area contributed by atoms with Crippen LogP contribution in [0.3, 0.4) is 0 Å². The SMILES string of the molecule is CNCC1(CN2CCCCc3ccccc32)CCCOC1. The lowest BCUT2D eigenvalue weighted by Gasteiger charge is -2.41. The number of para-hydroxylation sites is 1. The van der Waals surface area contributed by atoms with Gasteiger partial charge in [0.15, 0.2) is 0 Å². The maximum absolute atomic E-state index is 5.83. The van der Waals surface area contributed by atoms with Crippen molar-refractivity contribution in [2.24, 2.45) is 5.41 Å². The fourth-order valence-electron chi connectivity index (χ4n) is 3.94. The van der Waals surface area contributed by atoms with Crippen LogP contribution in [0.5, 0.6) is 0 Å². The molecule has 1 unspecified atom stereocenters. The van der Waals surface area contributed by atoms with Crippen molar-refractivity contribution in [1.82, 2.24) is 5.32 Å². The van der Waals surface area contributed by atoms with Gasteiger partial charge in [0.05, 0.1) is 6.61 Å². The second kappa shape index (κ2) is 6.80. The van der Waals surface area contributed by atoms with Crippen molar-refractivity contribution in [2.75, 3.05) is 44.8 Å². The Bertz CT molecular complexity index is 449. The van der Waals surface area contributed by atoms with Crippen molar-refractivity contribution in [1.29, 1.82) is 0 Å². The number of nitrogens with zero attached hydrogens (tertiary/aromatic N) is 1. The van der Waals surface area contributed by atoms with Crippen molar-refractivity contribution < 1.29 is 4.74 Å². The van der Waals surface area contributed by atoms with Gasteiger partial charge in [0.1, 0.15) is 0 Å². The van der Waals surface area contributed by atoms with E-state index in [9.17, 15) is 0 Å². The summed E-state index contributed by atoms with van der Waals surface area (Å²) in [5, 5.41) is 3.40. The fourth-order valence-corrected chi connectivity index (χ4v) is 3.94. The van der Waals surface area contributed by atoms with Gasteiger partial charge in [0.2, 0.25) is 0 Å². The summed E-state index contributed by atoms with van der Waals surface area (Å²) in [5.41, 5.74) is 3.24. The molecule has 0 radical (unpaired) electrons. The summed E-state index contributed by atoms with van der Waals surface area (Å²) in [6, 6.07) is 8.96. The number of hydrogen-bond donors (Lipinski definition) is 1.